The molecule has 0 bridgehead atoms. The zero-order valence-corrected chi connectivity index (χ0v) is 15.6. The summed E-state index contributed by atoms with van der Waals surface area (Å²) in [5.74, 6) is 1.55. The number of alkyl carbamates (subject to hydrolysis) is 1. The second-order valence-corrected chi connectivity index (χ2v) is 7.89. The zero-order valence-electron chi connectivity index (χ0n) is 13.4. The van der Waals surface area contributed by atoms with Gasteiger partial charge in [-0.1, -0.05) is 0 Å². The van der Waals surface area contributed by atoms with E-state index in [2.05, 4.69) is 49.9 Å². The third-order valence-electron chi connectivity index (χ3n) is 3.58. The normalized spacial score (nSPS) is 16.5. The van der Waals surface area contributed by atoms with Crippen LogP contribution in [0.2, 0.25) is 0 Å². The molecule has 1 aromatic rings. The van der Waals surface area contributed by atoms with E-state index in [-0.39, 0.29) is 6.09 Å². The van der Waals surface area contributed by atoms with Crippen molar-refractivity contribution in [3.05, 3.63) is 21.9 Å². The topological polar surface area (TPSA) is 54.5 Å². The Labute approximate surface area is 146 Å². The van der Waals surface area contributed by atoms with Gasteiger partial charge in [-0.2, -0.15) is 0 Å². The van der Waals surface area contributed by atoms with Crippen molar-refractivity contribution in [3.8, 4) is 0 Å². The number of nitrogens with one attached hydrogen (secondary N) is 1. The maximum Gasteiger partial charge on any atom is 0.407 e. The molecular formula is C16H24IN3O2. The van der Waals surface area contributed by atoms with Crippen molar-refractivity contribution in [2.75, 3.05) is 24.5 Å². The quantitative estimate of drug-likeness (QED) is 0.766. The number of amides is 1. The van der Waals surface area contributed by atoms with Crippen LogP contribution < -0.4 is 10.2 Å². The minimum Gasteiger partial charge on any atom is -0.444 e. The maximum absolute atomic E-state index is 11.7. The van der Waals surface area contributed by atoms with Gasteiger partial charge in [0.25, 0.3) is 0 Å². The van der Waals surface area contributed by atoms with E-state index >= 15 is 0 Å². The molecule has 5 nitrogen and oxygen atoms in total. The Balaban J connectivity index is 1.73. The number of piperidine rings is 1. The first-order valence-electron chi connectivity index (χ1n) is 7.67. The molecule has 0 spiro atoms. The third kappa shape index (κ3) is 5.62. The first kappa shape index (κ1) is 17.3. The lowest BCUT2D eigenvalue weighted by atomic mass is 9.97. The van der Waals surface area contributed by atoms with Gasteiger partial charge in [0.15, 0.2) is 0 Å². The third-order valence-corrected chi connectivity index (χ3v) is 4.22. The highest BCUT2D eigenvalue weighted by Crippen LogP contribution is 2.21. The molecule has 0 radical (unpaired) electrons. The lowest BCUT2D eigenvalue weighted by Crippen LogP contribution is -2.40. The number of aromatic nitrogens is 1. The second kappa shape index (κ2) is 7.48. The number of hydrogen-bond donors (Lipinski definition) is 1. The number of carbonyl (C=O) groups excluding carboxylic acids is 1. The average Bonchev–Trinajstić information content (AvgIpc) is 2.45. The molecule has 1 saturated heterocycles. The summed E-state index contributed by atoms with van der Waals surface area (Å²) in [6.45, 7) is 8.27. The zero-order chi connectivity index (χ0) is 16.2. The highest BCUT2D eigenvalue weighted by molar-refractivity contribution is 14.1. The molecule has 1 N–H and O–H groups in total. The Morgan fingerprint density at radius 2 is 2.09 bits per heavy atom. The van der Waals surface area contributed by atoms with Crippen LogP contribution in [-0.2, 0) is 4.74 Å². The van der Waals surface area contributed by atoms with E-state index in [0.717, 1.165) is 35.3 Å². The molecule has 1 aromatic heterocycles. The van der Waals surface area contributed by atoms with Crippen molar-refractivity contribution >= 4 is 34.5 Å². The molecule has 1 aliphatic heterocycles. The number of hydrogen-bond acceptors (Lipinski definition) is 4. The summed E-state index contributed by atoms with van der Waals surface area (Å²) in [5, 5.41) is 2.87. The van der Waals surface area contributed by atoms with Gasteiger partial charge in [0.2, 0.25) is 0 Å². The van der Waals surface area contributed by atoms with Crippen LogP contribution in [0.15, 0.2) is 18.3 Å². The largest absolute Gasteiger partial charge is 0.444 e. The molecule has 0 aromatic carbocycles. The predicted octanol–water partition coefficient (Wildman–Crippen LogP) is 3.43. The SMILES string of the molecule is CC(C)(C)OC(=O)NCC1CCN(c2ccc(I)cn2)CC1. The van der Waals surface area contributed by atoms with E-state index in [1.165, 1.54) is 0 Å². The summed E-state index contributed by atoms with van der Waals surface area (Å²) in [5.41, 5.74) is -0.441. The molecular weight excluding hydrogens is 393 g/mol. The molecule has 2 heterocycles. The van der Waals surface area contributed by atoms with Gasteiger partial charge in [0.05, 0.1) is 0 Å². The van der Waals surface area contributed by atoms with Crippen molar-refractivity contribution in [2.24, 2.45) is 5.92 Å². The van der Waals surface area contributed by atoms with Crippen LogP contribution in [0.4, 0.5) is 10.6 Å². The van der Waals surface area contributed by atoms with E-state index in [1.807, 2.05) is 27.0 Å². The number of rotatable bonds is 3. The highest BCUT2D eigenvalue weighted by Gasteiger charge is 2.22. The molecule has 1 amide bonds. The fraction of sp³-hybridized carbons (Fsp3) is 0.625. The maximum atomic E-state index is 11.7. The van der Waals surface area contributed by atoms with E-state index < -0.39 is 5.60 Å². The van der Waals surface area contributed by atoms with Gasteiger partial charge in [-0.05, 0) is 74.3 Å². The lowest BCUT2D eigenvalue weighted by molar-refractivity contribution is 0.0517. The van der Waals surface area contributed by atoms with Gasteiger partial charge in [-0.25, -0.2) is 9.78 Å². The molecule has 122 valence electrons. The summed E-state index contributed by atoms with van der Waals surface area (Å²) in [4.78, 5) is 18.4. The number of ether oxygens (including phenoxy) is 1. The van der Waals surface area contributed by atoms with Gasteiger partial charge in [-0.3, -0.25) is 0 Å². The Morgan fingerprint density at radius 1 is 1.41 bits per heavy atom. The van der Waals surface area contributed by atoms with E-state index in [0.29, 0.717) is 12.5 Å². The molecule has 0 atom stereocenters. The van der Waals surface area contributed by atoms with E-state index in [9.17, 15) is 4.79 Å². The summed E-state index contributed by atoms with van der Waals surface area (Å²) in [7, 11) is 0. The minimum atomic E-state index is -0.441. The Kier molecular flexibility index (Phi) is 5.88. The molecule has 2 rings (SSSR count). The van der Waals surface area contributed by atoms with Crippen LogP contribution >= 0.6 is 22.6 Å². The standard InChI is InChI=1S/C16H24IN3O2/c1-16(2,3)22-15(21)19-10-12-6-8-20(9-7-12)14-5-4-13(17)11-18-14/h4-5,11-12H,6-10H2,1-3H3,(H,19,21). The smallest absolute Gasteiger partial charge is 0.407 e. The molecule has 0 aliphatic carbocycles. The molecule has 0 unspecified atom stereocenters. The van der Waals surface area contributed by atoms with Crippen molar-refractivity contribution in [3.63, 3.8) is 0 Å². The predicted molar refractivity (Wildman–Crippen MR) is 96.1 cm³/mol. The van der Waals surface area contributed by atoms with Gasteiger partial charge in [0, 0.05) is 29.4 Å². The van der Waals surface area contributed by atoms with Gasteiger partial charge in [-0.15, -0.1) is 0 Å². The van der Waals surface area contributed by atoms with Gasteiger partial charge < -0.3 is 15.0 Å². The van der Waals surface area contributed by atoms with Gasteiger partial charge >= 0.3 is 6.09 Å². The number of nitrogens with zero attached hydrogens (tertiary/aromatic N) is 2. The van der Waals surface area contributed by atoms with Gasteiger partial charge in [0.1, 0.15) is 11.4 Å². The molecule has 1 aliphatic rings. The van der Waals surface area contributed by atoms with Crippen molar-refractivity contribution in [2.45, 2.75) is 39.2 Å². The number of anilines is 1. The van der Waals surface area contributed by atoms with Crippen LogP contribution in [0, 0.1) is 9.49 Å². The van der Waals surface area contributed by atoms with Crippen molar-refractivity contribution in [1.29, 1.82) is 0 Å². The first-order valence-corrected chi connectivity index (χ1v) is 8.75. The van der Waals surface area contributed by atoms with E-state index in [4.69, 9.17) is 4.74 Å². The lowest BCUT2D eigenvalue weighted by Gasteiger charge is -2.33. The summed E-state index contributed by atoms with van der Waals surface area (Å²) in [6.07, 6.45) is 3.69. The summed E-state index contributed by atoms with van der Waals surface area (Å²) < 4.78 is 6.41. The number of carbonyl (C=O) groups is 1. The Bertz CT molecular complexity index is 491. The monoisotopic (exact) mass is 417 g/mol. The highest BCUT2D eigenvalue weighted by atomic mass is 127. The first-order chi connectivity index (χ1) is 10.3. The van der Waals surface area contributed by atoms with Crippen LogP contribution in [0.3, 0.4) is 0 Å². The molecule has 1 fully saturated rings. The summed E-state index contributed by atoms with van der Waals surface area (Å²) in [6, 6.07) is 4.15. The number of halogens is 1. The van der Waals surface area contributed by atoms with Crippen LogP contribution in [0.25, 0.3) is 0 Å². The van der Waals surface area contributed by atoms with Crippen molar-refractivity contribution in [1.82, 2.24) is 10.3 Å². The van der Waals surface area contributed by atoms with Crippen LogP contribution in [0.5, 0.6) is 0 Å². The minimum absolute atomic E-state index is 0.325. The average molecular weight is 417 g/mol. The van der Waals surface area contributed by atoms with Crippen LogP contribution in [0.1, 0.15) is 33.6 Å². The Hall–Kier alpha value is -1.05. The molecule has 0 saturated carbocycles. The van der Waals surface area contributed by atoms with Crippen LogP contribution in [-0.4, -0.2) is 36.3 Å². The van der Waals surface area contributed by atoms with Crippen molar-refractivity contribution < 1.29 is 9.53 Å². The molecule has 6 heteroatoms. The molecule has 22 heavy (non-hydrogen) atoms. The summed E-state index contributed by atoms with van der Waals surface area (Å²) >= 11 is 2.26. The fourth-order valence-electron chi connectivity index (χ4n) is 2.46. The second-order valence-electron chi connectivity index (χ2n) is 6.65. The number of pyridine rings is 1. The Morgan fingerprint density at radius 3 is 2.64 bits per heavy atom. The fourth-order valence-corrected chi connectivity index (χ4v) is 2.78. The van der Waals surface area contributed by atoms with E-state index in [1.54, 1.807) is 0 Å².